The van der Waals surface area contributed by atoms with Crippen LogP contribution in [0.15, 0.2) is 48.7 Å². The minimum absolute atomic E-state index is 0.407. The van der Waals surface area contributed by atoms with E-state index in [1.54, 1.807) is 36.0 Å². The number of anilines is 1. The molecule has 0 spiro atoms. The van der Waals surface area contributed by atoms with Gasteiger partial charge in [-0.05, 0) is 25.1 Å². The Morgan fingerprint density at radius 2 is 2.17 bits per heavy atom. The van der Waals surface area contributed by atoms with Gasteiger partial charge in [0.2, 0.25) is 11.8 Å². The van der Waals surface area contributed by atoms with Gasteiger partial charge in [0.1, 0.15) is 11.6 Å². The van der Waals surface area contributed by atoms with Crippen LogP contribution in [-0.4, -0.2) is 26.5 Å². The normalized spacial score (nSPS) is 13.5. The highest BCUT2D eigenvalue weighted by molar-refractivity contribution is 7.18. The number of aromatic nitrogens is 4. The summed E-state index contributed by atoms with van der Waals surface area (Å²) in [6, 6.07) is 5.75. The first kappa shape index (κ1) is 14.7. The average Bonchev–Trinajstić information content (AvgIpc) is 3.25. The second kappa shape index (κ2) is 6.34. The van der Waals surface area contributed by atoms with Crippen LogP contribution in [0.1, 0.15) is 5.69 Å². The van der Waals surface area contributed by atoms with Crippen LogP contribution in [-0.2, 0) is 9.78 Å². The van der Waals surface area contributed by atoms with Crippen LogP contribution in [0.2, 0.25) is 0 Å². The van der Waals surface area contributed by atoms with Gasteiger partial charge in [-0.15, -0.1) is 11.3 Å². The van der Waals surface area contributed by atoms with Crippen molar-refractivity contribution in [2.24, 2.45) is 0 Å². The average molecular weight is 339 g/mol. The van der Waals surface area contributed by atoms with Gasteiger partial charge in [-0.3, -0.25) is 10.3 Å². The molecule has 7 nitrogen and oxygen atoms in total. The largest absolute Gasteiger partial charge is 0.319 e. The van der Waals surface area contributed by atoms with Gasteiger partial charge in [0, 0.05) is 30.2 Å². The first-order valence-electron chi connectivity index (χ1n) is 7.27. The number of pyridine rings is 1. The molecular formula is C16H13N5O2S. The van der Waals surface area contributed by atoms with Crippen LogP contribution in [0.3, 0.4) is 0 Å². The lowest BCUT2D eigenvalue weighted by Crippen LogP contribution is -2.03. The van der Waals surface area contributed by atoms with E-state index in [1.165, 1.54) is 0 Å². The Morgan fingerprint density at radius 3 is 2.96 bits per heavy atom. The third-order valence-electron chi connectivity index (χ3n) is 3.31. The minimum Gasteiger partial charge on any atom is -0.319 e. The van der Waals surface area contributed by atoms with Crippen molar-refractivity contribution < 1.29 is 9.78 Å². The summed E-state index contributed by atoms with van der Waals surface area (Å²) in [5.41, 5.74) is 2.71. The van der Waals surface area contributed by atoms with E-state index in [1.807, 2.05) is 25.1 Å². The number of nitrogens with one attached hydrogen (secondary N) is 1. The van der Waals surface area contributed by atoms with Crippen molar-refractivity contribution in [1.82, 2.24) is 19.9 Å². The summed E-state index contributed by atoms with van der Waals surface area (Å²) in [4.78, 5) is 28.2. The van der Waals surface area contributed by atoms with E-state index in [0.29, 0.717) is 18.4 Å². The van der Waals surface area contributed by atoms with Crippen molar-refractivity contribution in [3.05, 3.63) is 54.4 Å². The molecular weight excluding hydrogens is 326 g/mol. The fraction of sp³-hybridized carbons (Fsp3) is 0.125. The van der Waals surface area contributed by atoms with E-state index in [2.05, 4.69) is 25.3 Å². The van der Waals surface area contributed by atoms with Gasteiger partial charge in [-0.25, -0.2) is 15.0 Å². The molecule has 0 radical (unpaired) electrons. The number of hydrogen-bond donors (Lipinski definition) is 1. The molecule has 3 aromatic heterocycles. The maximum absolute atomic E-state index is 4.94. The molecule has 120 valence electrons. The van der Waals surface area contributed by atoms with Gasteiger partial charge in [0.15, 0.2) is 0 Å². The van der Waals surface area contributed by atoms with Gasteiger partial charge in [-0.1, -0.05) is 0 Å². The Morgan fingerprint density at radius 1 is 1.21 bits per heavy atom. The second-order valence-corrected chi connectivity index (χ2v) is 6.00. The molecule has 0 saturated heterocycles. The highest BCUT2D eigenvalue weighted by Gasteiger charge is 2.14. The molecule has 1 aliphatic rings. The molecule has 8 heteroatoms. The Labute approximate surface area is 142 Å². The van der Waals surface area contributed by atoms with E-state index in [-0.39, 0.29) is 0 Å². The zero-order chi connectivity index (χ0) is 16.4. The summed E-state index contributed by atoms with van der Waals surface area (Å²) in [5.74, 6) is 0.934. The van der Waals surface area contributed by atoms with E-state index in [4.69, 9.17) is 9.78 Å². The molecule has 24 heavy (non-hydrogen) atoms. The van der Waals surface area contributed by atoms with E-state index in [0.717, 1.165) is 26.8 Å². The van der Waals surface area contributed by atoms with Crippen LogP contribution < -0.4 is 5.32 Å². The van der Waals surface area contributed by atoms with Gasteiger partial charge in [0.05, 0.1) is 16.3 Å². The van der Waals surface area contributed by atoms with Crippen LogP contribution in [0.4, 0.5) is 5.95 Å². The first-order valence-corrected chi connectivity index (χ1v) is 8.09. The predicted octanol–water partition coefficient (Wildman–Crippen LogP) is 3.19. The van der Waals surface area contributed by atoms with Crippen LogP contribution >= 0.6 is 11.3 Å². The summed E-state index contributed by atoms with van der Waals surface area (Å²) in [7, 11) is 0. The number of hydrogen-bond acceptors (Lipinski definition) is 8. The zero-order valence-corrected chi connectivity index (χ0v) is 13.6. The molecule has 0 unspecified atom stereocenters. The standard InChI is InChI=1S/C16H13N5O2S/c1-10-14(24-15(19-10)11-3-2-6-17-9-11)12-4-7-18-16(20-12)21-13-5-8-22-23-13/h2-7,9H,8H2,1H3,(H,18,20,21). The van der Waals surface area contributed by atoms with Crippen LogP contribution in [0.25, 0.3) is 21.1 Å². The van der Waals surface area contributed by atoms with Crippen molar-refractivity contribution in [3.63, 3.8) is 0 Å². The number of thiazole rings is 1. The maximum Gasteiger partial charge on any atom is 0.235 e. The molecule has 1 aliphatic heterocycles. The van der Waals surface area contributed by atoms with Crippen molar-refractivity contribution >= 4 is 17.3 Å². The summed E-state index contributed by atoms with van der Waals surface area (Å²) in [6.07, 6.45) is 7.02. The fourth-order valence-corrected chi connectivity index (χ4v) is 3.24. The predicted molar refractivity (Wildman–Crippen MR) is 89.9 cm³/mol. The van der Waals surface area contributed by atoms with Crippen molar-refractivity contribution in [2.45, 2.75) is 6.92 Å². The summed E-state index contributed by atoms with van der Waals surface area (Å²) >= 11 is 1.58. The summed E-state index contributed by atoms with van der Waals surface area (Å²) < 4.78 is 0. The molecule has 0 fully saturated rings. The van der Waals surface area contributed by atoms with E-state index in [9.17, 15) is 0 Å². The second-order valence-electron chi connectivity index (χ2n) is 5.00. The molecule has 0 aromatic carbocycles. The van der Waals surface area contributed by atoms with Crippen molar-refractivity contribution in [2.75, 3.05) is 11.9 Å². The Hall–Kier alpha value is -2.84. The summed E-state index contributed by atoms with van der Waals surface area (Å²) in [6.45, 7) is 2.38. The fourth-order valence-electron chi connectivity index (χ4n) is 2.22. The number of rotatable bonds is 4. The third-order valence-corrected chi connectivity index (χ3v) is 4.54. The van der Waals surface area contributed by atoms with Gasteiger partial charge in [0.25, 0.3) is 0 Å². The van der Waals surface area contributed by atoms with Crippen molar-refractivity contribution in [1.29, 1.82) is 0 Å². The lowest BCUT2D eigenvalue weighted by atomic mass is 10.3. The number of nitrogens with zero attached hydrogens (tertiary/aromatic N) is 4. The molecule has 4 rings (SSSR count). The monoisotopic (exact) mass is 339 g/mol. The smallest absolute Gasteiger partial charge is 0.235 e. The third kappa shape index (κ3) is 2.97. The minimum atomic E-state index is 0.407. The molecule has 4 heterocycles. The number of aryl methyl sites for hydroxylation is 1. The maximum atomic E-state index is 4.94. The van der Waals surface area contributed by atoms with Crippen molar-refractivity contribution in [3.8, 4) is 21.1 Å². The molecule has 1 N–H and O–H groups in total. The molecule has 0 bridgehead atoms. The van der Waals surface area contributed by atoms with E-state index < -0.39 is 0 Å². The SMILES string of the molecule is Cc1nc(-c2cccnc2)sc1-c1ccnc(NC2=CCOO2)n1. The molecule has 0 amide bonds. The lowest BCUT2D eigenvalue weighted by Gasteiger charge is -2.05. The quantitative estimate of drug-likeness (QED) is 0.731. The highest BCUT2D eigenvalue weighted by atomic mass is 32.1. The highest BCUT2D eigenvalue weighted by Crippen LogP contribution is 2.34. The van der Waals surface area contributed by atoms with Gasteiger partial charge in [-0.2, -0.15) is 4.89 Å². The first-order chi connectivity index (χ1) is 11.8. The Kier molecular flexibility index (Phi) is 3.89. The Balaban J connectivity index is 1.65. The van der Waals surface area contributed by atoms with Gasteiger partial charge >= 0.3 is 0 Å². The molecule has 0 aliphatic carbocycles. The van der Waals surface area contributed by atoms with Gasteiger partial charge < -0.3 is 4.89 Å². The van der Waals surface area contributed by atoms with Crippen LogP contribution in [0, 0.1) is 6.92 Å². The van der Waals surface area contributed by atoms with Crippen LogP contribution in [0.5, 0.6) is 0 Å². The topological polar surface area (TPSA) is 82.1 Å². The summed E-state index contributed by atoms with van der Waals surface area (Å²) in [5, 5.41) is 3.89. The molecule has 3 aromatic rings. The van der Waals surface area contributed by atoms with E-state index >= 15 is 0 Å². The lowest BCUT2D eigenvalue weighted by molar-refractivity contribution is -0.232. The molecule has 0 saturated carbocycles. The molecule has 0 atom stereocenters. The zero-order valence-electron chi connectivity index (χ0n) is 12.8. The Bertz CT molecular complexity index is 894.